The predicted molar refractivity (Wildman–Crippen MR) is 112 cm³/mol. The fraction of sp³-hybridized carbons (Fsp3) is 0.333. The van der Waals surface area contributed by atoms with E-state index in [9.17, 15) is 0 Å². The quantitative estimate of drug-likeness (QED) is 0.537. The highest BCUT2D eigenvalue weighted by molar-refractivity contribution is 6.16. The van der Waals surface area contributed by atoms with Gasteiger partial charge in [-0.05, 0) is 32.3 Å². The van der Waals surface area contributed by atoms with Gasteiger partial charge in [-0.2, -0.15) is 9.97 Å². The second kappa shape index (κ2) is 6.25. The van der Waals surface area contributed by atoms with Crippen molar-refractivity contribution in [2.75, 3.05) is 23.8 Å². The summed E-state index contributed by atoms with van der Waals surface area (Å²) in [6.45, 7) is 2.69. The number of ether oxygens (including phenoxy) is 1. The Bertz CT molecular complexity index is 1300. The van der Waals surface area contributed by atoms with E-state index in [0.717, 1.165) is 47.1 Å². The van der Waals surface area contributed by atoms with Crippen molar-refractivity contribution in [3.63, 3.8) is 0 Å². The van der Waals surface area contributed by atoms with Gasteiger partial charge in [-0.1, -0.05) is 0 Å². The molecule has 1 saturated heterocycles. The van der Waals surface area contributed by atoms with Crippen LogP contribution in [0.5, 0.6) is 11.8 Å². The SMILES string of the molecule is CNc1cc(F)c2c3c1[nH]c1nc(Oc4cnc(C)nc4)nc(c13)N1CCCC1C2. The van der Waals surface area contributed by atoms with Crippen LogP contribution >= 0.6 is 0 Å². The molecule has 8 nitrogen and oxygen atoms in total. The third-order valence-electron chi connectivity index (χ3n) is 6.07. The molecule has 2 aliphatic heterocycles. The van der Waals surface area contributed by atoms with Crippen LogP contribution in [0.4, 0.5) is 15.9 Å². The molecule has 0 spiro atoms. The third-order valence-corrected chi connectivity index (χ3v) is 6.07. The van der Waals surface area contributed by atoms with Crippen molar-refractivity contribution in [3.8, 4) is 11.8 Å². The van der Waals surface area contributed by atoms with Crippen LogP contribution in [0.1, 0.15) is 24.2 Å². The van der Waals surface area contributed by atoms with E-state index in [-0.39, 0.29) is 17.9 Å². The molecule has 30 heavy (non-hydrogen) atoms. The Morgan fingerprint density at radius 2 is 2.07 bits per heavy atom. The van der Waals surface area contributed by atoms with E-state index >= 15 is 4.39 Å². The maximum atomic E-state index is 15.1. The molecule has 3 aromatic heterocycles. The Hall–Kier alpha value is -3.49. The number of aromatic nitrogens is 5. The van der Waals surface area contributed by atoms with Gasteiger partial charge in [0.2, 0.25) is 0 Å². The Morgan fingerprint density at radius 1 is 1.23 bits per heavy atom. The fourth-order valence-corrected chi connectivity index (χ4v) is 4.72. The average Bonchev–Trinajstić information content (AvgIpc) is 3.32. The molecule has 1 atom stereocenters. The molecule has 152 valence electrons. The number of fused-ring (bicyclic) bond motifs is 2. The first kappa shape index (κ1) is 17.4. The number of aryl methyl sites for hydroxylation is 1. The maximum Gasteiger partial charge on any atom is 0.326 e. The minimum atomic E-state index is -0.190. The summed E-state index contributed by atoms with van der Waals surface area (Å²) in [4.78, 5) is 23.3. The molecule has 9 heteroatoms. The summed E-state index contributed by atoms with van der Waals surface area (Å²) in [6, 6.07) is 1.99. The smallest absolute Gasteiger partial charge is 0.326 e. The van der Waals surface area contributed by atoms with Crippen LogP contribution in [0, 0.1) is 12.7 Å². The highest BCUT2D eigenvalue weighted by Gasteiger charge is 2.35. The molecule has 0 saturated carbocycles. The zero-order valence-electron chi connectivity index (χ0n) is 16.7. The summed E-state index contributed by atoms with van der Waals surface area (Å²) in [7, 11) is 1.79. The first-order chi connectivity index (χ1) is 14.6. The summed E-state index contributed by atoms with van der Waals surface area (Å²) in [6.07, 6.45) is 5.92. The number of nitrogens with one attached hydrogen (secondary N) is 2. The van der Waals surface area contributed by atoms with Crippen molar-refractivity contribution in [2.24, 2.45) is 0 Å². The molecular formula is C21H20FN7O. The maximum absolute atomic E-state index is 15.1. The van der Waals surface area contributed by atoms with E-state index in [1.165, 1.54) is 0 Å². The van der Waals surface area contributed by atoms with Gasteiger partial charge in [0, 0.05) is 30.6 Å². The van der Waals surface area contributed by atoms with E-state index in [4.69, 9.17) is 9.72 Å². The zero-order chi connectivity index (χ0) is 20.4. The van der Waals surface area contributed by atoms with Crippen LogP contribution in [-0.4, -0.2) is 44.6 Å². The molecule has 6 rings (SSSR count). The molecular weight excluding hydrogens is 385 g/mol. The lowest BCUT2D eigenvalue weighted by Gasteiger charge is -2.25. The standard InChI is InChI=1S/C21H20FN7O/c1-10-24-8-12(9-25-10)30-21-27-19-17-16-13(14(22)7-15(23-2)18(16)26-19)6-11-4-3-5-29(11)20(17)28-21/h7-9,11,23H,3-6H2,1-2H3,(H,26,27,28). The third kappa shape index (κ3) is 2.44. The Morgan fingerprint density at radius 3 is 2.87 bits per heavy atom. The first-order valence-corrected chi connectivity index (χ1v) is 10.1. The number of anilines is 2. The number of benzene rings is 1. The molecule has 2 N–H and O–H groups in total. The van der Waals surface area contributed by atoms with Gasteiger partial charge in [0.25, 0.3) is 0 Å². The van der Waals surface area contributed by atoms with Crippen molar-refractivity contribution < 1.29 is 9.13 Å². The van der Waals surface area contributed by atoms with Crippen LogP contribution in [0.25, 0.3) is 21.9 Å². The Labute approximate surface area is 171 Å². The van der Waals surface area contributed by atoms with Gasteiger partial charge in [0.1, 0.15) is 23.1 Å². The van der Waals surface area contributed by atoms with Gasteiger partial charge in [-0.3, -0.25) is 0 Å². The van der Waals surface area contributed by atoms with E-state index in [1.807, 2.05) is 6.92 Å². The molecule has 1 unspecified atom stereocenters. The van der Waals surface area contributed by atoms with Crippen LogP contribution in [-0.2, 0) is 6.42 Å². The van der Waals surface area contributed by atoms with Gasteiger partial charge in [0.15, 0.2) is 5.75 Å². The predicted octanol–water partition coefficient (Wildman–Crippen LogP) is 3.71. The zero-order valence-corrected chi connectivity index (χ0v) is 16.7. The molecule has 0 aliphatic carbocycles. The largest absolute Gasteiger partial charge is 0.421 e. The van der Waals surface area contributed by atoms with Crippen molar-refractivity contribution in [1.29, 1.82) is 0 Å². The van der Waals surface area contributed by atoms with E-state index in [2.05, 4.69) is 30.2 Å². The van der Waals surface area contributed by atoms with Crippen molar-refractivity contribution in [2.45, 2.75) is 32.2 Å². The topological polar surface area (TPSA) is 91.8 Å². The lowest BCUT2D eigenvalue weighted by atomic mass is 9.99. The molecule has 2 aliphatic rings. The molecule has 1 fully saturated rings. The van der Waals surface area contributed by atoms with Crippen molar-refractivity contribution >= 4 is 33.4 Å². The van der Waals surface area contributed by atoms with Crippen molar-refractivity contribution in [1.82, 2.24) is 24.9 Å². The van der Waals surface area contributed by atoms with Gasteiger partial charge in [-0.15, -0.1) is 0 Å². The van der Waals surface area contributed by atoms with E-state index in [1.54, 1.807) is 25.5 Å². The molecule has 0 bridgehead atoms. The van der Waals surface area contributed by atoms with Crippen LogP contribution < -0.4 is 15.0 Å². The van der Waals surface area contributed by atoms with Crippen LogP contribution in [0.2, 0.25) is 0 Å². The number of aromatic amines is 1. The number of hydrogen-bond donors (Lipinski definition) is 2. The first-order valence-electron chi connectivity index (χ1n) is 10.1. The number of halogens is 1. The van der Waals surface area contributed by atoms with Crippen molar-refractivity contribution in [3.05, 3.63) is 35.7 Å². The van der Waals surface area contributed by atoms with Crippen LogP contribution in [0.15, 0.2) is 18.5 Å². The highest BCUT2D eigenvalue weighted by atomic mass is 19.1. The second-order valence-electron chi connectivity index (χ2n) is 7.82. The number of H-pyrrole nitrogens is 1. The van der Waals surface area contributed by atoms with Crippen LogP contribution in [0.3, 0.4) is 0 Å². The molecule has 5 heterocycles. The minimum absolute atomic E-state index is 0.190. The van der Waals surface area contributed by atoms with Gasteiger partial charge in [-0.25, -0.2) is 14.4 Å². The molecule has 0 radical (unpaired) electrons. The monoisotopic (exact) mass is 405 g/mol. The van der Waals surface area contributed by atoms with E-state index in [0.29, 0.717) is 29.3 Å². The summed E-state index contributed by atoms with van der Waals surface area (Å²) >= 11 is 0. The summed E-state index contributed by atoms with van der Waals surface area (Å²) in [5, 5.41) is 4.81. The Kier molecular flexibility index (Phi) is 3.62. The average molecular weight is 405 g/mol. The summed E-state index contributed by atoms with van der Waals surface area (Å²) in [5.41, 5.74) is 2.91. The van der Waals surface area contributed by atoms with E-state index < -0.39 is 0 Å². The summed E-state index contributed by atoms with van der Waals surface area (Å²) < 4.78 is 21.0. The molecule has 4 aromatic rings. The fourth-order valence-electron chi connectivity index (χ4n) is 4.72. The second-order valence-corrected chi connectivity index (χ2v) is 7.82. The number of nitrogens with zero attached hydrogens (tertiary/aromatic N) is 5. The Balaban J connectivity index is 1.62. The van der Waals surface area contributed by atoms with Gasteiger partial charge in [0.05, 0.1) is 29.0 Å². The van der Waals surface area contributed by atoms with Gasteiger partial charge < -0.3 is 19.9 Å². The minimum Gasteiger partial charge on any atom is -0.421 e. The molecule has 1 aromatic carbocycles. The number of hydrogen-bond acceptors (Lipinski definition) is 7. The highest BCUT2D eigenvalue weighted by Crippen LogP contribution is 2.44. The molecule has 0 amide bonds. The van der Waals surface area contributed by atoms with Gasteiger partial charge >= 0.3 is 6.01 Å². The number of rotatable bonds is 3. The lowest BCUT2D eigenvalue weighted by molar-refractivity contribution is 0.438. The summed E-state index contributed by atoms with van der Waals surface area (Å²) in [5.74, 6) is 1.74. The lowest BCUT2D eigenvalue weighted by Crippen LogP contribution is -2.31. The normalized spacial score (nSPS) is 17.6.